The summed E-state index contributed by atoms with van der Waals surface area (Å²) < 4.78 is 31.4. The number of aromatic nitrogens is 2. The number of H-pyrrole nitrogens is 2. The molecule has 0 amide bonds. The molecule has 0 saturated heterocycles. The quantitative estimate of drug-likeness (QED) is 0.726. The van der Waals surface area contributed by atoms with Crippen molar-refractivity contribution in [1.29, 1.82) is 0 Å². The summed E-state index contributed by atoms with van der Waals surface area (Å²) in [5, 5.41) is 0. The molecule has 2 rings (SSSR count). The van der Waals surface area contributed by atoms with Gasteiger partial charge in [0.05, 0.1) is 12.8 Å². The van der Waals surface area contributed by atoms with Crippen molar-refractivity contribution in [3.8, 4) is 5.75 Å². The van der Waals surface area contributed by atoms with E-state index in [9.17, 15) is 18.0 Å². The van der Waals surface area contributed by atoms with Crippen LogP contribution in [0.1, 0.15) is 0 Å². The third-order valence-electron chi connectivity index (χ3n) is 2.43. The molecule has 0 radical (unpaired) electrons. The van der Waals surface area contributed by atoms with Crippen molar-refractivity contribution in [3.63, 3.8) is 0 Å². The maximum atomic E-state index is 12.1. The summed E-state index contributed by atoms with van der Waals surface area (Å²) >= 11 is 0. The van der Waals surface area contributed by atoms with Crippen molar-refractivity contribution in [3.05, 3.63) is 51.3 Å². The summed E-state index contributed by atoms with van der Waals surface area (Å²) in [6.45, 7) is 0. The molecule has 0 aliphatic rings. The van der Waals surface area contributed by atoms with Crippen LogP contribution in [-0.4, -0.2) is 25.5 Å². The minimum atomic E-state index is -4.14. The molecule has 1 aromatic heterocycles. The Kier molecular flexibility index (Phi) is 3.61. The largest absolute Gasteiger partial charge is 0.495 e. The Morgan fingerprint density at radius 1 is 1.20 bits per heavy atom. The van der Waals surface area contributed by atoms with E-state index in [1.165, 1.54) is 13.2 Å². The lowest BCUT2D eigenvalue weighted by Crippen LogP contribution is -2.29. The van der Waals surface area contributed by atoms with E-state index in [2.05, 4.69) is 9.71 Å². The molecule has 0 aliphatic carbocycles. The maximum absolute atomic E-state index is 12.1. The molecular weight excluding hydrogens is 286 g/mol. The number of aromatic amines is 2. The van der Waals surface area contributed by atoms with E-state index in [0.717, 1.165) is 6.20 Å². The lowest BCUT2D eigenvalue weighted by Gasteiger charge is -2.10. The van der Waals surface area contributed by atoms with Gasteiger partial charge in [-0.2, -0.15) is 0 Å². The average Bonchev–Trinajstić information content (AvgIpc) is 2.38. The highest BCUT2D eigenvalue weighted by Crippen LogP contribution is 2.25. The van der Waals surface area contributed by atoms with Crippen molar-refractivity contribution >= 4 is 15.7 Å². The van der Waals surface area contributed by atoms with Gasteiger partial charge in [0.15, 0.2) is 4.90 Å². The van der Waals surface area contributed by atoms with Crippen LogP contribution in [0.15, 0.2) is 44.9 Å². The van der Waals surface area contributed by atoms with Gasteiger partial charge in [0.1, 0.15) is 5.75 Å². The van der Waals surface area contributed by atoms with Crippen LogP contribution in [0.3, 0.4) is 0 Å². The van der Waals surface area contributed by atoms with Gasteiger partial charge >= 0.3 is 5.69 Å². The Hall–Kier alpha value is -2.55. The van der Waals surface area contributed by atoms with Gasteiger partial charge in [-0.15, -0.1) is 0 Å². The van der Waals surface area contributed by atoms with E-state index in [-0.39, 0.29) is 5.69 Å². The van der Waals surface area contributed by atoms with Crippen LogP contribution < -0.4 is 20.7 Å². The fourth-order valence-corrected chi connectivity index (χ4v) is 2.60. The fourth-order valence-electron chi connectivity index (χ4n) is 1.53. The van der Waals surface area contributed by atoms with Crippen molar-refractivity contribution < 1.29 is 13.2 Å². The molecule has 0 bridgehead atoms. The number of ether oxygens (including phenoxy) is 1. The Morgan fingerprint density at radius 3 is 2.55 bits per heavy atom. The molecular formula is C11H11N3O5S. The molecule has 1 aromatic carbocycles. The minimum Gasteiger partial charge on any atom is -0.495 e. The predicted octanol–water partition coefficient (Wildman–Crippen LogP) is -0.127. The molecule has 3 N–H and O–H groups in total. The minimum absolute atomic E-state index is 0.181. The van der Waals surface area contributed by atoms with Gasteiger partial charge in [-0.05, 0) is 12.1 Å². The van der Waals surface area contributed by atoms with E-state index in [1.807, 2.05) is 4.98 Å². The highest BCUT2D eigenvalue weighted by Gasteiger charge is 2.20. The number of anilines is 1. The van der Waals surface area contributed by atoms with Gasteiger partial charge < -0.3 is 9.72 Å². The lowest BCUT2D eigenvalue weighted by molar-refractivity contribution is 0.417. The molecule has 0 atom stereocenters. The van der Waals surface area contributed by atoms with Gasteiger partial charge in [-0.1, -0.05) is 12.1 Å². The number of rotatable bonds is 4. The van der Waals surface area contributed by atoms with Crippen molar-refractivity contribution in [2.75, 3.05) is 11.8 Å². The Morgan fingerprint density at radius 2 is 1.90 bits per heavy atom. The normalized spacial score (nSPS) is 11.1. The van der Waals surface area contributed by atoms with Crippen molar-refractivity contribution in [2.24, 2.45) is 0 Å². The second kappa shape index (κ2) is 5.21. The first-order valence-corrected chi connectivity index (χ1v) is 6.90. The molecule has 106 valence electrons. The zero-order valence-electron chi connectivity index (χ0n) is 10.3. The van der Waals surface area contributed by atoms with Gasteiger partial charge in [0.25, 0.3) is 15.6 Å². The average molecular weight is 297 g/mol. The van der Waals surface area contributed by atoms with Gasteiger partial charge in [-0.25, -0.2) is 13.2 Å². The summed E-state index contributed by atoms with van der Waals surface area (Å²) in [6, 6.07) is 6.33. The van der Waals surface area contributed by atoms with Crippen molar-refractivity contribution in [2.45, 2.75) is 4.90 Å². The van der Waals surface area contributed by atoms with Crippen LogP contribution in [0.4, 0.5) is 5.69 Å². The van der Waals surface area contributed by atoms with E-state index < -0.39 is 26.2 Å². The second-order valence-electron chi connectivity index (χ2n) is 3.74. The topological polar surface area (TPSA) is 121 Å². The number of sulfonamides is 1. The SMILES string of the molecule is COc1ccccc1NS(=O)(=O)c1c[nH]c(=O)[nH]c1=O. The molecule has 0 saturated carbocycles. The van der Waals surface area contributed by atoms with Crippen LogP contribution in [0.25, 0.3) is 0 Å². The lowest BCUT2D eigenvalue weighted by atomic mass is 10.3. The van der Waals surface area contributed by atoms with Gasteiger partial charge in [0, 0.05) is 6.20 Å². The first-order chi connectivity index (χ1) is 9.44. The standard InChI is InChI=1S/C11H11N3O5S/c1-19-8-5-3-2-4-7(8)14-20(17,18)9-6-12-11(16)13-10(9)15/h2-6,14H,1H3,(H2,12,13,15,16). The molecule has 0 fully saturated rings. The zero-order chi connectivity index (χ0) is 14.8. The third kappa shape index (κ3) is 2.72. The molecule has 2 aromatic rings. The first kappa shape index (κ1) is 13.9. The second-order valence-corrected chi connectivity index (χ2v) is 5.39. The number of nitrogens with one attached hydrogen (secondary N) is 3. The molecule has 20 heavy (non-hydrogen) atoms. The molecule has 0 unspecified atom stereocenters. The molecule has 1 heterocycles. The monoisotopic (exact) mass is 297 g/mol. The van der Waals surface area contributed by atoms with Crippen LogP contribution >= 0.6 is 0 Å². The van der Waals surface area contributed by atoms with Gasteiger partial charge in [-0.3, -0.25) is 14.5 Å². The highest BCUT2D eigenvalue weighted by molar-refractivity contribution is 7.92. The van der Waals surface area contributed by atoms with E-state index in [1.54, 1.807) is 18.2 Å². The fraction of sp³-hybridized carbons (Fsp3) is 0.0909. The highest BCUT2D eigenvalue weighted by atomic mass is 32.2. The van der Waals surface area contributed by atoms with Crippen LogP contribution in [0.5, 0.6) is 5.75 Å². The number of hydrogen-bond acceptors (Lipinski definition) is 5. The zero-order valence-corrected chi connectivity index (χ0v) is 11.2. The molecule has 0 aliphatic heterocycles. The Balaban J connectivity index is 2.46. The number of benzene rings is 1. The van der Waals surface area contributed by atoms with Gasteiger partial charge in [0.2, 0.25) is 0 Å². The molecule has 8 nitrogen and oxygen atoms in total. The summed E-state index contributed by atoms with van der Waals surface area (Å²) in [7, 11) is -2.75. The summed E-state index contributed by atoms with van der Waals surface area (Å²) in [5.74, 6) is 0.303. The summed E-state index contributed by atoms with van der Waals surface area (Å²) in [4.78, 5) is 25.7. The number of hydrogen-bond donors (Lipinski definition) is 3. The van der Waals surface area contributed by atoms with Crippen LogP contribution in [0, 0.1) is 0 Å². The van der Waals surface area contributed by atoms with E-state index >= 15 is 0 Å². The van der Waals surface area contributed by atoms with E-state index in [4.69, 9.17) is 4.74 Å². The maximum Gasteiger partial charge on any atom is 0.325 e. The van der Waals surface area contributed by atoms with Crippen LogP contribution in [0.2, 0.25) is 0 Å². The van der Waals surface area contributed by atoms with Crippen molar-refractivity contribution in [1.82, 2.24) is 9.97 Å². The van der Waals surface area contributed by atoms with E-state index in [0.29, 0.717) is 5.75 Å². The number of methoxy groups -OCH3 is 1. The molecule has 0 spiro atoms. The Bertz CT molecular complexity index is 837. The van der Waals surface area contributed by atoms with Crippen LogP contribution in [-0.2, 0) is 10.0 Å². The molecule has 9 heteroatoms. The summed E-state index contributed by atoms with van der Waals surface area (Å²) in [6.07, 6.45) is 0.832. The predicted molar refractivity (Wildman–Crippen MR) is 71.5 cm³/mol. The third-order valence-corrected chi connectivity index (χ3v) is 3.80. The first-order valence-electron chi connectivity index (χ1n) is 5.42. The smallest absolute Gasteiger partial charge is 0.325 e. The summed E-state index contributed by atoms with van der Waals surface area (Å²) in [5.41, 5.74) is -1.61. The number of para-hydroxylation sites is 2. The Labute approximate surface area is 113 Å².